The summed E-state index contributed by atoms with van der Waals surface area (Å²) in [5, 5.41) is 12.1. The van der Waals surface area contributed by atoms with Crippen molar-refractivity contribution in [1.29, 1.82) is 0 Å². The number of benzene rings is 1. The second kappa shape index (κ2) is 6.98. The average molecular weight is 247 g/mol. The van der Waals surface area contributed by atoms with Crippen LogP contribution >= 0.6 is 0 Å². The lowest BCUT2D eigenvalue weighted by atomic mass is 10.1. The maximum Gasteiger partial charge on any atom is 0.307 e. The van der Waals surface area contributed by atoms with E-state index in [-0.39, 0.29) is 13.0 Å². The van der Waals surface area contributed by atoms with E-state index in [0.717, 1.165) is 5.56 Å². The van der Waals surface area contributed by atoms with Gasteiger partial charge in [-0.05, 0) is 23.2 Å². The minimum atomic E-state index is -0.885. The van der Waals surface area contributed by atoms with Crippen LogP contribution in [0, 0.1) is 0 Å². The third kappa shape index (κ3) is 4.19. The van der Waals surface area contributed by atoms with Gasteiger partial charge in [-0.3, -0.25) is 4.79 Å². The van der Waals surface area contributed by atoms with Crippen molar-refractivity contribution in [2.75, 3.05) is 13.7 Å². The van der Waals surface area contributed by atoms with Crippen molar-refractivity contribution >= 4 is 12.0 Å². The molecular weight excluding hydrogens is 234 g/mol. The van der Waals surface area contributed by atoms with E-state index < -0.39 is 5.97 Å². The van der Waals surface area contributed by atoms with E-state index in [0.29, 0.717) is 11.3 Å². The van der Waals surface area contributed by atoms with E-state index in [4.69, 9.17) is 15.4 Å². The molecule has 0 saturated heterocycles. The number of carboxylic acid groups (broad SMARTS) is 1. The van der Waals surface area contributed by atoms with Gasteiger partial charge in [-0.25, -0.2) is 0 Å². The van der Waals surface area contributed by atoms with Gasteiger partial charge in [0.1, 0.15) is 5.75 Å². The minimum absolute atomic E-state index is 0.0405. The minimum Gasteiger partial charge on any atom is -0.496 e. The van der Waals surface area contributed by atoms with Crippen LogP contribution < -0.4 is 4.74 Å². The van der Waals surface area contributed by atoms with Gasteiger partial charge >= 0.3 is 5.97 Å². The second-order valence-corrected chi connectivity index (χ2v) is 3.46. The molecule has 1 N–H and O–H groups in total. The fourth-order valence-electron chi connectivity index (χ4n) is 1.46. The number of rotatable bonds is 6. The van der Waals surface area contributed by atoms with Crippen molar-refractivity contribution in [3.05, 3.63) is 45.8 Å². The molecule has 0 fully saturated rings. The fourth-order valence-corrected chi connectivity index (χ4v) is 1.46. The highest BCUT2D eigenvalue weighted by Gasteiger charge is 2.04. The van der Waals surface area contributed by atoms with Crippen LogP contribution in [0.3, 0.4) is 0 Å². The summed E-state index contributed by atoms with van der Waals surface area (Å²) in [6.45, 7) is 0.239. The van der Waals surface area contributed by atoms with Gasteiger partial charge in [-0.2, -0.15) is 0 Å². The second-order valence-electron chi connectivity index (χ2n) is 3.46. The van der Waals surface area contributed by atoms with E-state index in [1.165, 1.54) is 7.11 Å². The summed E-state index contributed by atoms with van der Waals surface area (Å²) in [5.74, 6) is -0.245. The van der Waals surface area contributed by atoms with Crippen molar-refractivity contribution in [2.24, 2.45) is 5.11 Å². The molecule has 1 aromatic carbocycles. The molecule has 0 aliphatic rings. The number of ether oxygens (including phenoxy) is 1. The summed E-state index contributed by atoms with van der Waals surface area (Å²) in [6, 6.07) is 5.16. The molecule has 0 spiro atoms. The van der Waals surface area contributed by atoms with Crippen LogP contribution in [0.4, 0.5) is 0 Å². The Morgan fingerprint density at radius 1 is 1.61 bits per heavy atom. The first-order valence-electron chi connectivity index (χ1n) is 5.23. The highest BCUT2D eigenvalue weighted by Crippen LogP contribution is 2.21. The number of aliphatic carboxylic acids is 1. The number of hydrogen-bond acceptors (Lipinski definition) is 3. The lowest BCUT2D eigenvalue weighted by Crippen LogP contribution is -2.00. The molecule has 1 aromatic rings. The summed E-state index contributed by atoms with van der Waals surface area (Å²) in [6.07, 6.45) is 3.38. The van der Waals surface area contributed by atoms with Gasteiger partial charge in [0.05, 0.1) is 13.5 Å². The van der Waals surface area contributed by atoms with E-state index in [1.54, 1.807) is 30.4 Å². The van der Waals surface area contributed by atoms with Gasteiger partial charge in [0, 0.05) is 17.0 Å². The van der Waals surface area contributed by atoms with E-state index in [2.05, 4.69) is 10.0 Å². The molecule has 0 amide bonds. The Kier molecular flexibility index (Phi) is 5.28. The maximum atomic E-state index is 10.6. The first kappa shape index (κ1) is 13.6. The normalized spacial score (nSPS) is 10.1. The van der Waals surface area contributed by atoms with Crippen molar-refractivity contribution in [2.45, 2.75) is 6.42 Å². The number of carboxylic acids is 1. The molecule has 0 atom stereocenters. The Labute approximate surface area is 104 Å². The van der Waals surface area contributed by atoms with Gasteiger partial charge in [0.15, 0.2) is 0 Å². The summed E-state index contributed by atoms with van der Waals surface area (Å²) >= 11 is 0. The molecule has 0 bridgehead atoms. The average Bonchev–Trinajstić information content (AvgIpc) is 2.34. The molecule has 0 aliphatic heterocycles. The van der Waals surface area contributed by atoms with Crippen LogP contribution in [0.5, 0.6) is 5.75 Å². The summed E-state index contributed by atoms with van der Waals surface area (Å²) in [4.78, 5) is 13.3. The number of nitrogens with zero attached hydrogens (tertiary/aromatic N) is 3. The van der Waals surface area contributed by atoms with Crippen LogP contribution in [0.2, 0.25) is 0 Å². The molecule has 6 nitrogen and oxygen atoms in total. The molecule has 6 heteroatoms. The van der Waals surface area contributed by atoms with Gasteiger partial charge in [-0.15, -0.1) is 0 Å². The SMILES string of the molecule is COc1ccc(CC(=O)O)cc1C=CCN=[N+]=[N-]. The Morgan fingerprint density at radius 2 is 2.39 bits per heavy atom. The van der Waals surface area contributed by atoms with Crippen molar-refractivity contribution in [3.63, 3.8) is 0 Å². The first-order chi connectivity index (χ1) is 8.67. The monoisotopic (exact) mass is 247 g/mol. The lowest BCUT2D eigenvalue weighted by Gasteiger charge is -2.06. The molecule has 94 valence electrons. The van der Waals surface area contributed by atoms with Crippen molar-refractivity contribution in [1.82, 2.24) is 0 Å². The Hall–Kier alpha value is -2.46. The molecule has 1 rings (SSSR count). The molecule has 0 radical (unpaired) electrons. The Balaban J connectivity index is 2.94. The first-order valence-corrected chi connectivity index (χ1v) is 5.23. The van der Waals surface area contributed by atoms with Crippen molar-refractivity contribution < 1.29 is 14.6 Å². The largest absolute Gasteiger partial charge is 0.496 e. The van der Waals surface area contributed by atoms with E-state index in [1.807, 2.05) is 0 Å². The third-order valence-electron chi connectivity index (χ3n) is 2.20. The van der Waals surface area contributed by atoms with Gasteiger partial charge in [-0.1, -0.05) is 23.3 Å². The third-order valence-corrected chi connectivity index (χ3v) is 2.20. The summed E-state index contributed by atoms with van der Waals surface area (Å²) < 4.78 is 5.16. The lowest BCUT2D eigenvalue weighted by molar-refractivity contribution is -0.136. The predicted molar refractivity (Wildman–Crippen MR) is 67.4 cm³/mol. The fraction of sp³-hybridized carbons (Fsp3) is 0.250. The zero-order chi connectivity index (χ0) is 13.4. The summed E-state index contributed by atoms with van der Waals surface area (Å²) in [7, 11) is 1.54. The molecule has 0 saturated carbocycles. The molecule has 0 aliphatic carbocycles. The smallest absolute Gasteiger partial charge is 0.307 e. The highest BCUT2D eigenvalue weighted by atomic mass is 16.5. The zero-order valence-corrected chi connectivity index (χ0v) is 9.91. The summed E-state index contributed by atoms with van der Waals surface area (Å²) in [5.41, 5.74) is 9.58. The zero-order valence-electron chi connectivity index (χ0n) is 9.91. The van der Waals surface area contributed by atoms with Crippen LogP contribution in [0.1, 0.15) is 11.1 Å². The quantitative estimate of drug-likeness (QED) is 0.475. The molecule has 18 heavy (non-hydrogen) atoms. The van der Waals surface area contributed by atoms with Gasteiger partial charge < -0.3 is 9.84 Å². The predicted octanol–water partition coefficient (Wildman–Crippen LogP) is 2.65. The molecular formula is C12H13N3O3. The van der Waals surface area contributed by atoms with Crippen LogP contribution in [0.15, 0.2) is 29.4 Å². The molecule has 0 aromatic heterocycles. The number of azide groups is 1. The van der Waals surface area contributed by atoms with Gasteiger partial charge in [0.25, 0.3) is 0 Å². The Bertz CT molecular complexity index is 505. The number of hydrogen-bond donors (Lipinski definition) is 1. The van der Waals surface area contributed by atoms with E-state index in [9.17, 15) is 4.79 Å². The van der Waals surface area contributed by atoms with Gasteiger partial charge in [0.2, 0.25) is 0 Å². The molecule has 0 unspecified atom stereocenters. The topological polar surface area (TPSA) is 95.3 Å². The number of methoxy groups -OCH3 is 1. The van der Waals surface area contributed by atoms with Crippen LogP contribution in [0.25, 0.3) is 16.5 Å². The standard InChI is InChI=1S/C12H13N3O3/c1-18-11-5-4-9(8-12(16)17)7-10(11)3-2-6-14-15-13/h2-5,7H,6,8H2,1H3,(H,16,17). The maximum absolute atomic E-state index is 10.6. The molecule has 0 heterocycles. The van der Waals surface area contributed by atoms with Crippen molar-refractivity contribution in [3.8, 4) is 5.75 Å². The van der Waals surface area contributed by atoms with E-state index >= 15 is 0 Å². The van der Waals surface area contributed by atoms with Crippen LogP contribution in [-0.4, -0.2) is 24.7 Å². The number of carbonyl (C=O) groups is 1. The van der Waals surface area contributed by atoms with Crippen LogP contribution in [-0.2, 0) is 11.2 Å². The highest BCUT2D eigenvalue weighted by molar-refractivity contribution is 5.71. The Morgan fingerprint density at radius 3 is 3.00 bits per heavy atom.